The van der Waals surface area contributed by atoms with Crippen LogP contribution in [0, 0.1) is 5.92 Å². The maximum Gasteiger partial charge on any atom is 0.155 e. The first-order chi connectivity index (χ1) is 13.3. The van der Waals surface area contributed by atoms with E-state index in [1.165, 1.54) is 5.39 Å². The molecule has 1 aliphatic heterocycles. The van der Waals surface area contributed by atoms with Crippen LogP contribution in [0.2, 0.25) is 0 Å². The Kier molecular flexibility index (Phi) is 5.19. The number of nitrogens with one attached hydrogen (secondary N) is 1. The highest BCUT2D eigenvalue weighted by Crippen LogP contribution is 2.32. The third kappa shape index (κ3) is 3.72. The van der Waals surface area contributed by atoms with E-state index in [0.717, 1.165) is 79.8 Å². The van der Waals surface area contributed by atoms with Crippen LogP contribution >= 0.6 is 0 Å². The third-order valence-electron chi connectivity index (χ3n) is 5.45. The van der Waals surface area contributed by atoms with Gasteiger partial charge in [-0.1, -0.05) is 19.4 Å². The van der Waals surface area contributed by atoms with Gasteiger partial charge in [0.05, 0.1) is 5.69 Å². The first-order valence-corrected chi connectivity index (χ1v) is 9.92. The number of hydrogen-bond acceptors (Lipinski definition) is 4. The molecule has 1 aliphatic rings. The Bertz CT molecular complexity index is 925. The summed E-state index contributed by atoms with van der Waals surface area (Å²) in [6, 6.07) is 8.45. The van der Waals surface area contributed by atoms with Gasteiger partial charge < -0.3 is 14.7 Å². The molecule has 3 aromatic rings. The number of nitrogens with zero attached hydrogens (tertiary/aromatic N) is 3. The minimum Gasteiger partial charge on any atom is -0.361 e. The fourth-order valence-electron chi connectivity index (χ4n) is 3.77. The number of unbranched alkanes of at least 4 members (excludes halogenated alkanes) is 1. The van der Waals surface area contributed by atoms with Crippen molar-refractivity contribution < 1.29 is 4.79 Å². The van der Waals surface area contributed by atoms with Crippen molar-refractivity contribution in [3.8, 4) is 11.3 Å². The molecule has 0 aliphatic carbocycles. The number of aldehydes is 1. The summed E-state index contributed by atoms with van der Waals surface area (Å²) in [6.45, 7) is 3.91. The molecule has 0 amide bonds. The minimum atomic E-state index is 0.178. The zero-order valence-electron chi connectivity index (χ0n) is 15.8. The average Bonchev–Trinajstić information content (AvgIpc) is 3.20. The van der Waals surface area contributed by atoms with Crippen molar-refractivity contribution in [2.75, 3.05) is 18.0 Å². The van der Waals surface area contributed by atoms with Crippen molar-refractivity contribution in [2.45, 2.75) is 39.0 Å². The summed E-state index contributed by atoms with van der Waals surface area (Å²) in [5.41, 5.74) is 4.20. The molecule has 1 N–H and O–H groups in total. The molecule has 0 saturated carbocycles. The van der Waals surface area contributed by atoms with E-state index in [9.17, 15) is 4.79 Å². The molecule has 0 radical (unpaired) electrons. The van der Waals surface area contributed by atoms with Gasteiger partial charge >= 0.3 is 0 Å². The van der Waals surface area contributed by atoms with E-state index in [-0.39, 0.29) is 5.92 Å². The second-order valence-electron chi connectivity index (χ2n) is 7.38. The van der Waals surface area contributed by atoms with E-state index in [1.54, 1.807) is 0 Å². The van der Waals surface area contributed by atoms with E-state index < -0.39 is 0 Å². The highest BCUT2D eigenvalue weighted by molar-refractivity contribution is 5.86. The number of hydrogen-bond donors (Lipinski definition) is 1. The van der Waals surface area contributed by atoms with E-state index in [4.69, 9.17) is 9.97 Å². The monoisotopic (exact) mass is 362 g/mol. The Morgan fingerprint density at radius 2 is 2.11 bits per heavy atom. The molecule has 0 atom stereocenters. The number of rotatable bonds is 6. The number of anilines is 1. The van der Waals surface area contributed by atoms with Crippen LogP contribution in [0.4, 0.5) is 5.82 Å². The normalized spacial score (nSPS) is 15.4. The summed E-state index contributed by atoms with van der Waals surface area (Å²) in [4.78, 5) is 26.5. The Morgan fingerprint density at radius 1 is 1.26 bits per heavy atom. The summed E-state index contributed by atoms with van der Waals surface area (Å²) in [5, 5.41) is 1.18. The van der Waals surface area contributed by atoms with Crippen molar-refractivity contribution in [3.05, 3.63) is 42.4 Å². The third-order valence-corrected chi connectivity index (χ3v) is 5.45. The van der Waals surface area contributed by atoms with Crippen molar-refractivity contribution in [2.24, 2.45) is 5.92 Å². The fourth-order valence-corrected chi connectivity index (χ4v) is 3.77. The molecule has 0 spiro atoms. The molecule has 2 aromatic heterocycles. The number of piperidine rings is 1. The number of H-pyrrole nitrogens is 1. The van der Waals surface area contributed by atoms with Gasteiger partial charge in [-0.3, -0.25) is 4.98 Å². The molecular formula is C22H26N4O. The van der Waals surface area contributed by atoms with Gasteiger partial charge in [-0.2, -0.15) is 0 Å². The van der Waals surface area contributed by atoms with Gasteiger partial charge in [0.15, 0.2) is 5.82 Å². The Hall–Kier alpha value is -2.69. The molecule has 0 unspecified atom stereocenters. The van der Waals surface area contributed by atoms with Gasteiger partial charge in [0, 0.05) is 47.9 Å². The predicted molar refractivity (Wildman–Crippen MR) is 109 cm³/mol. The van der Waals surface area contributed by atoms with Crippen LogP contribution in [0.3, 0.4) is 0 Å². The lowest BCUT2D eigenvalue weighted by molar-refractivity contribution is -0.111. The lowest BCUT2D eigenvalue weighted by Gasteiger charge is -2.32. The first kappa shape index (κ1) is 17.7. The van der Waals surface area contributed by atoms with Crippen LogP contribution in [-0.4, -0.2) is 34.3 Å². The van der Waals surface area contributed by atoms with Crippen LogP contribution in [0.25, 0.3) is 22.2 Å². The number of aryl methyl sites for hydroxylation is 1. The molecule has 5 nitrogen and oxygen atoms in total. The van der Waals surface area contributed by atoms with Crippen LogP contribution in [-0.2, 0) is 11.2 Å². The van der Waals surface area contributed by atoms with Crippen LogP contribution in [0.15, 0.2) is 36.7 Å². The lowest BCUT2D eigenvalue weighted by Crippen LogP contribution is -2.35. The summed E-state index contributed by atoms with van der Waals surface area (Å²) in [6.07, 6.45) is 9.98. The molecule has 1 saturated heterocycles. The fraction of sp³-hybridized carbons (Fsp3) is 0.409. The molecule has 27 heavy (non-hydrogen) atoms. The van der Waals surface area contributed by atoms with Crippen LogP contribution in [0.1, 0.15) is 38.3 Å². The van der Waals surface area contributed by atoms with E-state index in [2.05, 4.69) is 41.1 Å². The quantitative estimate of drug-likeness (QED) is 0.661. The summed E-state index contributed by atoms with van der Waals surface area (Å²) in [5.74, 6) is 1.14. The zero-order chi connectivity index (χ0) is 18.6. The number of aromatic amines is 1. The lowest BCUT2D eigenvalue weighted by atomic mass is 9.98. The van der Waals surface area contributed by atoms with Crippen molar-refractivity contribution >= 4 is 23.0 Å². The summed E-state index contributed by atoms with van der Waals surface area (Å²) >= 11 is 0. The SMILES string of the molecule is CCCCc1cnc(-c2ccc3[nH]ccc3c2)c(N2CCC(C=O)CC2)n1. The second-order valence-corrected chi connectivity index (χ2v) is 7.38. The molecule has 1 fully saturated rings. The maximum atomic E-state index is 11.1. The van der Waals surface area contributed by atoms with Gasteiger partial charge in [-0.05, 0) is 43.9 Å². The smallest absolute Gasteiger partial charge is 0.155 e. The first-order valence-electron chi connectivity index (χ1n) is 9.92. The molecule has 140 valence electrons. The number of carbonyl (C=O) groups excluding carboxylic acids is 1. The van der Waals surface area contributed by atoms with E-state index in [0.29, 0.717) is 0 Å². The topological polar surface area (TPSA) is 61.9 Å². The Balaban J connectivity index is 1.71. The molecule has 5 heteroatoms. The number of aromatic nitrogens is 3. The summed E-state index contributed by atoms with van der Waals surface area (Å²) in [7, 11) is 0. The predicted octanol–water partition coefficient (Wildman–Crippen LogP) is 4.38. The Morgan fingerprint density at radius 3 is 2.89 bits per heavy atom. The maximum absolute atomic E-state index is 11.1. The van der Waals surface area contributed by atoms with Gasteiger partial charge in [0.1, 0.15) is 12.0 Å². The molecule has 4 rings (SSSR count). The highest BCUT2D eigenvalue weighted by atomic mass is 16.1. The van der Waals surface area contributed by atoms with Crippen LogP contribution < -0.4 is 4.90 Å². The van der Waals surface area contributed by atoms with Crippen molar-refractivity contribution in [3.63, 3.8) is 0 Å². The number of carbonyl (C=O) groups is 1. The van der Waals surface area contributed by atoms with Gasteiger partial charge in [-0.25, -0.2) is 4.98 Å². The van der Waals surface area contributed by atoms with Gasteiger partial charge in [0.2, 0.25) is 0 Å². The second kappa shape index (κ2) is 7.91. The molecule has 3 heterocycles. The summed E-state index contributed by atoms with van der Waals surface area (Å²) < 4.78 is 0. The van der Waals surface area contributed by atoms with Gasteiger partial charge in [0.25, 0.3) is 0 Å². The van der Waals surface area contributed by atoms with Gasteiger partial charge in [-0.15, -0.1) is 0 Å². The largest absolute Gasteiger partial charge is 0.361 e. The molecule has 0 bridgehead atoms. The molecular weight excluding hydrogens is 336 g/mol. The van der Waals surface area contributed by atoms with E-state index >= 15 is 0 Å². The zero-order valence-corrected chi connectivity index (χ0v) is 15.8. The molecule has 1 aromatic carbocycles. The minimum absolute atomic E-state index is 0.178. The number of benzene rings is 1. The standard InChI is InChI=1S/C22H26N4O/c1-2-3-4-19-14-24-21(18-5-6-20-17(13-18)7-10-23-20)22(25-19)26-11-8-16(15-27)9-12-26/h5-7,10,13-16,23H,2-4,8-9,11-12H2,1H3. The Labute approximate surface area is 159 Å². The van der Waals surface area contributed by atoms with Crippen molar-refractivity contribution in [1.82, 2.24) is 15.0 Å². The highest BCUT2D eigenvalue weighted by Gasteiger charge is 2.23. The number of fused-ring (bicyclic) bond motifs is 1. The van der Waals surface area contributed by atoms with Crippen LogP contribution in [0.5, 0.6) is 0 Å². The van der Waals surface area contributed by atoms with Crippen molar-refractivity contribution in [1.29, 1.82) is 0 Å². The van der Waals surface area contributed by atoms with E-state index in [1.807, 2.05) is 12.4 Å². The average molecular weight is 362 g/mol.